The molecular formula is C16H27N3OS. The number of nitrogen functional groups attached to an aromatic ring is 1. The molecule has 1 rings (SSSR count). The normalized spacial score (nSPS) is 13.0. The fourth-order valence-corrected chi connectivity index (χ4v) is 2.97. The third-order valence-corrected chi connectivity index (χ3v) is 4.28. The first kappa shape index (κ1) is 17.8. The molecule has 0 aliphatic carbocycles. The molecule has 5 heteroatoms. The van der Waals surface area contributed by atoms with E-state index in [4.69, 9.17) is 5.73 Å². The first-order valence-electron chi connectivity index (χ1n) is 7.24. The highest BCUT2D eigenvalue weighted by molar-refractivity contribution is 7.98. The van der Waals surface area contributed by atoms with Crippen LogP contribution in [0, 0.1) is 0 Å². The number of nitrogens with two attached hydrogens (primary N) is 1. The van der Waals surface area contributed by atoms with E-state index in [1.807, 2.05) is 18.0 Å². The van der Waals surface area contributed by atoms with Crippen molar-refractivity contribution in [2.45, 2.75) is 45.6 Å². The van der Waals surface area contributed by atoms with Crippen LogP contribution < -0.4 is 5.73 Å². The number of hydrogen-bond donors (Lipinski definition) is 1. The molecule has 0 aliphatic heterocycles. The number of thioether (sulfide) groups is 1. The Balaban J connectivity index is 3.09. The summed E-state index contributed by atoms with van der Waals surface area (Å²) < 4.78 is 0. The molecule has 1 aromatic heterocycles. The SMILES string of the molecule is CCC(CSC)N(C)C(=O)c1cc(N)nc(C(C)(C)C)c1. The van der Waals surface area contributed by atoms with Crippen LogP contribution in [-0.4, -0.2) is 40.9 Å². The zero-order valence-corrected chi connectivity index (χ0v) is 14.8. The van der Waals surface area contributed by atoms with Crippen molar-refractivity contribution in [2.75, 3.05) is 24.8 Å². The van der Waals surface area contributed by atoms with Gasteiger partial charge in [-0.15, -0.1) is 0 Å². The fraction of sp³-hybridized carbons (Fsp3) is 0.625. The average Bonchev–Trinajstić information content (AvgIpc) is 2.41. The minimum atomic E-state index is -0.133. The summed E-state index contributed by atoms with van der Waals surface area (Å²) in [5.41, 5.74) is 7.21. The van der Waals surface area contributed by atoms with Gasteiger partial charge in [-0.1, -0.05) is 27.7 Å². The molecule has 118 valence electrons. The van der Waals surface area contributed by atoms with E-state index in [2.05, 4.69) is 38.9 Å². The fourth-order valence-electron chi connectivity index (χ4n) is 2.12. The van der Waals surface area contributed by atoms with Crippen molar-refractivity contribution in [2.24, 2.45) is 0 Å². The molecular weight excluding hydrogens is 282 g/mol. The number of hydrogen-bond acceptors (Lipinski definition) is 4. The van der Waals surface area contributed by atoms with E-state index >= 15 is 0 Å². The van der Waals surface area contributed by atoms with Crippen LogP contribution in [0.5, 0.6) is 0 Å². The Morgan fingerprint density at radius 2 is 2.05 bits per heavy atom. The van der Waals surface area contributed by atoms with Gasteiger partial charge in [0.1, 0.15) is 5.82 Å². The predicted molar refractivity (Wildman–Crippen MR) is 91.9 cm³/mol. The summed E-state index contributed by atoms with van der Waals surface area (Å²) >= 11 is 1.75. The summed E-state index contributed by atoms with van der Waals surface area (Å²) in [6, 6.07) is 3.76. The lowest BCUT2D eigenvalue weighted by Gasteiger charge is -2.27. The zero-order chi connectivity index (χ0) is 16.2. The first-order chi connectivity index (χ1) is 9.70. The van der Waals surface area contributed by atoms with Crippen LogP contribution in [0.2, 0.25) is 0 Å². The van der Waals surface area contributed by atoms with Crippen LogP contribution in [0.15, 0.2) is 12.1 Å². The van der Waals surface area contributed by atoms with Crippen molar-refractivity contribution in [3.63, 3.8) is 0 Å². The second kappa shape index (κ2) is 7.16. The summed E-state index contributed by atoms with van der Waals surface area (Å²) in [7, 11) is 1.86. The lowest BCUT2D eigenvalue weighted by molar-refractivity contribution is 0.0743. The Labute approximate surface area is 132 Å². The molecule has 0 bridgehead atoms. The van der Waals surface area contributed by atoms with E-state index in [1.165, 1.54) is 0 Å². The molecule has 0 spiro atoms. The van der Waals surface area contributed by atoms with Crippen LogP contribution in [0.25, 0.3) is 0 Å². The van der Waals surface area contributed by atoms with E-state index in [-0.39, 0.29) is 17.4 Å². The number of carbonyl (C=O) groups excluding carboxylic acids is 1. The van der Waals surface area contributed by atoms with E-state index in [1.54, 1.807) is 17.8 Å². The number of pyridine rings is 1. The highest BCUT2D eigenvalue weighted by Crippen LogP contribution is 2.23. The molecule has 0 aliphatic rings. The molecule has 1 amide bonds. The Morgan fingerprint density at radius 3 is 2.52 bits per heavy atom. The Bertz CT molecular complexity index is 497. The van der Waals surface area contributed by atoms with Crippen molar-refractivity contribution in [3.8, 4) is 0 Å². The van der Waals surface area contributed by atoms with Gasteiger partial charge in [-0.25, -0.2) is 4.98 Å². The molecule has 2 N–H and O–H groups in total. The minimum absolute atomic E-state index is 0.00972. The average molecular weight is 309 g/mol. The largest absolute Gasteiger partial charge is 0.384 e. The van der Waals surface area contributed by atoms with Gasteiger partial charge in [0.2, 0.25) is 0 Å². The van der Waals surface area contributed by atoms with Crippen LogP contribution in [0.4, 0.5) is 5.82 Å². The van der Waals surface area contributed by atoms with Gasteiger partial charge in [-0.2, -0.15) is 11.8 Å². The molecule has 1 atom stereocenters. The van der Waals surface area contributed by atoms with E-state index in [9.17, 15) is 4.79 Å². The van der Waals surface area contributed by atoms with Gasteiger partial charge in [0.15, 0.2) is 0 Å². The van der Waals surface area contributed by atoms with Gasteiger partial charge in [-0.05, 0) is 24.8 Å². The maximum Gasteiger partial charge on any atom is 0.254 e. The monoisotopic (exact) mass is 309 g/mol. The van der Waals surface area contributed by atoms with Crippen LogP contribution in [0.1, 0.15) is 50.2 Å². The Kier molecular flexibility index (Phi) is 6.08. The highest BCUT2D eigenvalue weighted by Gasteiger charge is 2.23. The third-order valence-electron chi connectivity index (χ3n) is 3.56. The number of rotatable bonds is 5. The van der Waals surface area contributed by atoms with Crippen molar-refractivity contribution in [1.82, 2.24) is 9.88 Å². The molecule has 1 unspecified atom stereocenters. The van der Waals surface area contributed by atoms with E-state index < -0.39 is 0 Å². The molecule has 21 heavy (non-hydrogen) atoms. The Hall–Kier alpha value is -1.23. The van der Waals surface area contributed by atoms with Crippen molar-refractivity contribution >= 4 is 23.5 Å². The maximum atomic E-state index is 12.7. The van der Waals surface area contributed by atoms with Crippen molar-refractivity contribution in [1.29, 1.82) is 0 Å². The van der Waals surface area contributed by atoms with Gasteiger partial charge < -0.3 is 10.6 Å². The highest BCUT2D eigenvalue weighted by atomic mass is 32.2. The second-order valence-electron chi connectivity index (χ2n) is 6.35. The summed E-state index contributed by atoms with van der Waals surface area (Å²) in [4.78, 5) is 18.9. The van der Waals surface area contributed by atoms with Crippen LogP contribution >= 0.6 is 11.8 Å². The predicted octanol–water partition coefficient (Wildman–Crippen LogP) is 3.17. The summed E-state index contributed by atoms with van der Waals surface area (Å²) in [5, 5.41) is 0. The number of carbonyl (C=O) groups is 1. The van der Waals surface area contributed by atoms with Gasteiger partial charge in [0.05, 0.1) is 0 Å². The van der Waals surface area contributed by atoms with Gasteiger partial charge in [0, 0.05) is 35.5 Å². The van der Waals surface area contributed by atoms with E-state index in [0.717, 1.165) is 17.9 Å². The molecule has 4 nitrogen and oxygen atoms in total. The Morgan fingerprint density at radius 1 is 1.43 bits per heavy atom. The van der Waals surface area contributed by atoms with Crippen molar-refractivity contribution in [3.05, 3.63) is 23.4 Å². The van der Waals surface area contributed by atoms with Crippen molar-refractivity contribution < 1.29 is 4.79 Å². The molecule has 1 aromatic rings. The summed E-state index contributed by atoms with van der Waals surface area (Å²) in [6.07, 6.45) is 3.00. The maximum absolute atomic E-state index is 12.7. The minimum Gasteiger partial charge on any atom is -0.384 e. The lowest BCUT2D eigenvalue weighted by atomic mass is 9.90. The molecule has 0 saturated carbocycles. The molecule has 0 aromatic carbocycles. The molecule has 0 radical (unpaired) electrons. The number of anilines is 1. The number of nitrogens with zero attached hydrogens (tertiary/aromatic N) is 2. The van der Waals surface area contributed by atoms with E-state index in [0.29, 0.717) is 11.4 Å². The first-order valence-corrected chi connectivity index (χ1v) is 8.64. The summed E-state index contributed by atoms with van der Waals surface area (Å²) in [5.74, 6) is 1.35. The molecule has 0 fully saturated rings. The quantitative estimate of drug-likeness (QED) is 0.907. The van der Waals surface area contributed by atoms with Gasteiger partial charge in [-0.3, -0.25) is 4.79 Å². The zero-order valence-electron chi connectivity index (χ0n) is 13.9. The smallest absolute Gasteiger partial charge is 0.254 e. The summed E-state index contributed by atoms with van der Waals surface area (Å²) in [6.45, 7) is 8.30. The third kappa shape index (κ3) is 4.63. The second-order valence-corrected chi connectivity index (χ2v) is 7.26. The standard InChI is InChI=1S/C16H27N3OS/c1-7-12(10-21-6)19(5)15(20)11-8-13(16(2,3)4)18-14(17)9-11/h8-9,12H,7,10H2,1-6H3,(H2,17,18). The number of amides is 1. The van der Waals surface area contributed by atoms with Crippen LogP contribution in [0.3, 0.4) is 0 Å². The van der Waals surface area contributed by atoms with Crippen LogP contribution in [-0.2, 0) is 5.41 Å². The van der Waals surface area contributed by atoms with Gasteiger partial charge >= 0.3 is 0 Å². The molecule has 1 heterocycles. The number of aromatic nitrogens is 1. The molecule has 0 saturated heterocycles. The van der Waals surface area contributed by atoms with Gasteiger partial charge in [0.25, 0.3) is 5.91 Å². The lowest BCUT2D eigenvalue weighted by Crippen LogP contribution is -2.38. The topological polar surface area (TPSA) is 59.2 Å².